The van der Waals surface area contributed by atoms with Gasteiger partial charge in [-0.3, -0.25) is 4.57 Å². The Morgan fingerprint density at radius 1 is 1.31 bits per heavy atom. The number of aromatic nitrogens is 4. The Bertz CT molecular complexity index is 832. The van der Waals surface area contributed by atoms with Crippen LogP contribution in [-0.4, -0.2) is 76.1 Å². The molecule has 0 aromatic carbocycles. The molecule has 0 unspecified atom stereocenters. The minimum atomic E-state index is -1.11. The van der Waals surface area contributed by atoms with Crippen LogP contribution < -0.4 is 4.90 Å². The van der Waals surface area contributed by atoms with Crippen LogP contribution in [0.5, 0.6) is 0 Å². The minimum Gasteiger partial charge on any atom is -0.480 e. The van der Waals surface area contributed by atoms with Crippen molar-refractivity contribution in [3.05, 3.63) is 12.7 Å². The van der Waals surface area contributed by atoms with E-state index in [1.807, 2.05) is 0 Å². The van der Waals surface area contributed by atoms with Gasteiger partial charge in [0.15, 0.2) is 23.2 Å². The number of anilines is 1. The number of carboxylic acid groups (broad SMARTS) is 1. The van der Waals surface area contributed by atoms with Crippen molar-refractivity contribution >= 4 is 45.5 Å². The lowest BCUT2D eigenvalue weighted by molar-refractivity contribution is -0.138. The second-order valence-corrected chi connectivity index (χ2v) is 7.29. The average Bonchev–Trinajstić information content (AvgIpc) is 3.33. The van der Waals surface area contributed by atoms with Gasteiger partial charge in [-0.25, -0.2) is 19.7 Å². The number of hydrogen-bond acceptors (Lipinski definition) is 8. The van der Waals surface area contributed by atoms with Gasteiger partial charge >= 0.3 is 5.97 Å². The molecule has 0 radical (unpaired) electrons. The largest absolute Gasteiger partial charge is 0.480 e. The first-order valence-corrected chi connectivity index (χ1v) is 9.80. The van der Waals surface area contributed by atoms with Crippen LogP contribution in [0.4, 0.5) is 5.82 Å². The summed E-state index contributed by atoms with van der Waals surface area (Å²) in [7, 11) is 0. The second-order valence-electron chi connectivity index (χ2n) is 6.41. The molecule has 5 atom stereocenters. The number of carboxylic acids is 1. The van der Waals surface area contributed by atoms with Crippen molar-refractivity contribution in [1.82, 2.24) is 19.5 Å². The Kier molecular flexibility index (Phi) is 4.71. The summed E-state index contributed by atoms with van der Waals surface area (Å²) in [5.74, 6) is -0.437. The normalized spacial score (nSPS) is 31.8. The van der Waals surface area contributed by atoms with Crippen LogP contribution in [-0.2, 0) is 9.53 Å². The van der Waals surface area contributed by atoms with Gasteiger partial charge in [-0.2, -0.15) is 0 Å². The standard InChI is InChI=1S/C15H18IN5O5/c16-4-8-10(22)11(23)14(26-8)21-6-19-9-12(17-5-18-13(9)21)20-3-1-2-7(20)15(24)25/h5-8,10-11,14,22-23H,1-4H2,(H,24,25)/t7-,8+,10+,11+,14+/m0/s1. The number of hydrogen-bond donors (Lipinski definition) is 3. The summed E-state index contributed by atoms with van der Waals surface area (Å²) < 4.78 is 7.86. The van der Waals surface area contributed by atoms with Gasteiger partial charge in [-0.1, -0.05) is 22.6 Å². The number of halogens is 1. The van der Waals surface area contributed by atoms with Gasteiger partial charge in [0.2, 0.25) is 0 Å². The van der Waals surface area contributed by atoms with Gasteiger partial charge in [0.25, 0.3) is 0 Å². The molecular formula is C15H18IN5O5. The predicted octanol–water partition coefficient (Wildman–Crippen LogP) is -0.0661. The highest BCUT2D eigenvalue weighted by atomic mass is 127. The Morgan fingerprint density at radius 3 is 2.81 bits per heavy atom. The smallest absolute Gasteiger partial charge is 0.326 e. The summed E-state index contributed by atoms with van der Waals surface area (Å²) >= 11 is 2.09. The molecule has 2 fully saturated rings. The van der Waals surface area contributed by atoms with Gasteiger partial charge in [-0.05, 0) is 12.8 Å². The fourth-order valence-electron chi connectivity index (χ4n) is 3.60. The highest BCUT2D eigenvalue weighted by molar-refractivity contribution is 14.1. The number of fused-ring (bicyclic) bond motifs is 1. The summed E-state index contributed by atoms with van der Waals surface area (Å²) in [6.45, 7) is 0.577. The van der Waals surface area contributed by atoms with E-state index in [1.54, 1.807) is 9.47 Å². The second kappa shape index (κ2) is 6.87. The van der Waals surface area contributed by atoms with E-state index < -0.39 is 36.6 Å². The van der Waals surface area contributed by atoms with Gasteiger partial charge in [0, 0.05) is 11.0 Å². The van der Waals surface area contributed by atoms with Crippen molar-refractivity contribution in [2.24, 2.45) is 0 Å². The van der Waals surface area contributed by atoms with Crippen LogP contribution in [0.25, 0.3) is 11.2 Å². The van der Waals surface area contributed by atoms with Gasteiger partial charge < -0.3 is 25.0 Å². The summed E-state index contributed by atoms with van der Waals surface area (Å²) in [6, 6.07) is -0.642. The summed E-state index contributed by atoms with van der Waals surface area (Å²) in [4.78, 5) is 26.0. The number of imidazole rings is 1. The molecule has 3 N–H and O–H groups in total. The van der Waals surface area contributed by atoms with Crippen molar-refractivity contribution in [2.45, 2.75) is 43.4 Å². The molecule has 2 aliphatic rings. The van der Waals surface area contributed by atoms with Crippen molar-refractivity contribution in [2.75, 3.05) is 15.9 Å². The SMILES string of the molecule is O=C(O)[C@@H]1CCCN1c1ncnc2c1ncn2[C@@H]1O[C@H](CI)[C@@H](O)[C@H]1O. The molecule has 0 saturated carbocycles. The fraction of sp³-hybridized carbons (Fsp3) is 0.600. The highest BCUT2D eigenvalue weighted by Crippen LogP contribution is 2.34. The molecule has 2 saturated heterocycles. The highest BCUT2D eigenvalue weighted by Gasteiger charge is 2.44. The van der Waals surface area contributed by atoms with Crippen LogP contribution in [0.15, 0.2) is 12.7 Å². The fourth-order valence-corrected chi connectivity index (χ4v) is 4.33. The number of rotatable bonds is 4. The van der Waals surface area contributed by atoms with Crippen LogP contribution in [0.1, 0.15) is 19.1 Å². The third kappa shape index (κ3) is 2.73. The molecule has 0 spiro atoms. The molecule has 2 aliphatic heterocycles. The van der Waals surface area contributed by atoms with E-state index in [0.29, 0.717) is 34.4 Å². The maximum absolute atomic E-state index is 11.5. The average molecular weight is 475 g/mol. The number of ether oxygens (including phenoxy) is 1. The Balaban J connectivity index is 1.73. The van der Waals surface area contributed by atoms with Crippen molar-refractivity contribution in [3.8, 4) is 0 Å². The molecule has 2 aromatic rings. The van der Waals surface area contributed by atoms with E-state index in [9.17, 15) is 20.1 Å². The molecule has 11 heteroatoms. The van der Waals surface area contributed by atoms with E-state index in [0.717, 1.165) is 6.42 Å². The predicted molar refractivity (Wildman–Crippen MR) is 98.1 cm³/mol. The number of nitrogens with zero attached hydrogens (tertiary/aromatic N) is 5. The third-order valence-electron chi connectivity index (χ3n) is 4.91. The molecule has 140 valence electrons. The first kappa shape index (κ1) is 17.8. The lowest BCUT2D eigenvalue weighted by Gasteiger charge is -2.22. The molecule has 4 rings (SSSR count). The number of aliphatic hydroxyl groups is 2. The van der Waals surface area contributed by atoms with Crippen LogP contribution >= 0.6 is 22.6 Å². The Hall–Kier alpha value is -1.57. The zero-order valence-corrected chi connectivity index (χ0v) is 15.8. The molecule has 0 amide bonds. The maximum Gasteiger partial charge on any atom is 0.326 e. The summed E-state index contributed by atoms with van der Waals surface area (Å²) in [5.41, 5.74) is 0.875. The zero-order valence-electron chi connectivity index (χ0n) is 13.6. The Morgan fingerprint density at radius 2 is 2.12 bits per heavy atom. The van der Waals surface area contributed by atoms with Gasteiger partial charge in [0.1, 0.15) is 24.6 Å². The molecule has 10 nitrogen and oxygen atoms in total. The molecular weight excluding hydrogens is 457 g/mol. The third-order valence-corrected chi connectivity index (χ3v) is 5.78. The van der Waals surface area contributed by atoms with E-state index in [1.165, 1.54) is 12.7 Å². The topological polar surface area (TPSA) is 134 Å². The van der Waals surface area contributed by atoms with Crippen LogP contribution in [0.2, 0.25) is 0 Å². The molecule has 4 heterocycles. The number of carbonyl (C=O) groups is 1. The Labute approximate surface area is 162 Å². The lowest BCUT2D eigenvalue weighted by atomic mass is 10.1. The van der Waals surface area contributed by atoms with E-state index in [2.05, 4.69) is 37.5 Å². The van der Waals surface area contributed by atoms with Crippen molar-refractivity contribution in [1.29, 1.82) is 0 Å². The zero-order chi connectivity index (χ0) is 18.4. The summed E-state index contributed by atoms with van der Waals surface area (Å²) in [5, 5.41) is 29.9. The first-order valence-electron chi connectivity index (χ1n) is 8.27. The maximum atomic E-state index is 11.5. The molecule has 0 aliphatic carbocycles. The van der Waals surface area contributed by atoms with Gasteiger partial charge in [0.05, 0.1) is 12.4 Å². The number of aliphatic carboxylic acids is 1. The van der Waals surface area contributed by atoms with Crippen LogP contribution in [0.3, 0.4) is 0 Å². The van der Waals surface area contributed by atoms with E-state index >= 15 is 0 Å². The summed E-state index contributed by atoms with van der Waals surface area (Å²) in [6.07, 6.45) is 0.739. The number of aliphatic hydroxyl groups excluding tert-OH is 2. The molecule has 2 aromatic heterocycles. The van der Waals surface area contributed by atoms with Crippen LogP contribution in [0, 0.1) is 0 Å². The minimum absolute atomic E-state index is 0.427. The monoisotopic (exact) mass is 475 g/mol. The first-order chi connectivity index (χ1) is 12.5. The van der Waals surface area contributed by atoms with Crippen molar-refractivity contribution in [3.63, 3.8) is 0 Å². The molecule has 26 heavy (non-hydrogen) atoms. The van der Waals surface area contributed by atoms with Gasteiger partial charge in [-0.15, -0.1) is 0 Å². The molecule has 0 bridgehead atoms. The van der Waals surface area contributed by atoms with E-state index in [4.69, 9.17) is 4.74 Å². The quantitative estimate of drug-likeness (QED) is 0.411. The lowest BCUT2D eigenvalue weighted by Crippen LogP contribution is -2.36. The number of alkyl halides is 1. The van der Waals surface area contributed by atoms with E-state index in [-0.39, 0.29) is 0 Å². The van der Waals surface area contributed by atoms with Crippen molar-refractivity contribution < 1.29 is 24.9 Å².